The number of hydrogen-bond acceptors (Lipinski definition) is 3. The van der Waals surface area contributed by atoms with Crippen molar-refractivity contribution in [3.05, 3.63) is 59.7 Å². The number of ether oxygens (including phenoxy) is 1. The Labute approximate surface area is 123 Å². The molecule has 4 nitrogen and oxygen atoms in total. The van der Waals surface area contributed by atoms with Crippen molar-refractivity contribution >= 4 is 12.1 Å². The van der Waals surface area contributed by atoms with E-state index in [1.165, 1.54) is 30.3 Å². The van der Waals surface area contributed by atoms with Crippen molar-refractivity contribution in [1.29, 1.82) is 0 Å². The molecule has 0 aliphatic heterocycles. The van der Waals surface area contributed by atoms with Gasteiger partial charge < -0.3 is 10.5 Å². The van der Waals surface area contributed by atoms with Crippen LogP contribution < -0.4 is 5.73 Å². The summed E-state index contributed by atoms with van der Waals surface area (Å²) in [5.74, 6) is -0.969. The molecule has 2 rings (SSSR count). The van der Waals surface area contributed by atoms with E-state index in [1.54, 1.807) is 6.07 Å². The van der Waals surface area contributed by atoms with Crippen LogP contribution in [-0.2, 0) is 10.9 Å². The Balaban J connectivity index is 2.41. The number of hydrogen-bond donors (Lipinski definition) is 1. The Morgan fingerprint density at radius 2 is 1.55 bits per heavy atom. The molecule has 2 aromatic carbocycles. The van der Waals surface area contributed by atoms with Gasteiger partial charge in [0.05, 0.1) is 11.1 Å². The Morgan fingerprint density at radius 3 is 2.09 bits per heavy atom. The fourth-order valence-electron chi connectivity index (χ4n) is 1.90. The summed E-state index contributed by atoms with van der Waals surface area (Å²) in [6, 6.07) is 10.3. The van der Waals surface area contributed by atoms with E-state index in [-0.39, 0.29) is 5.56 Å². The second kappa shape index (κ2) is 5.88. The van der Waals surface area contributed by atoms with Crippen LogP contribution in [0.4, 0.5) is 18.0 Å². The van der Waals surface area contributed by atoms with Gasteiger partial charge in [-0.3, -0.25) is 0 Å². The molecule has 0 aliphatic carbocycles. The normalized spacial score (nSPS) is 11.0. The van der Waals surface area contributed by atoms with E-state index in [0.717, 1.165) is 12.1 Å². The zero-order valence-corrected chi connectivity index (χ0v) is 11.1. The Hall–Kier alpha value is -2.83. The Kier molecular flexibility index (Phi) is 4.16. The predicted molar refractivity (Wildman–Crippen MR) is 71.9 cm³/mol. The van der Waals surface area contributed by atoms with Crippen LogP contribution in [0.5, 0.6) is 0 Å². The van der Waals surface area contributed by atoms with Crippen LogP contribution in [0.2, 0.25) is 0 Å². The molecule has 114 valence electrons. The average Bonchev–Trinajstić information content (AvgIpc) is 2.46. The van der Waals surface area contributed by atoms with Gasteiger partial charge in [0.2, 0.25) is 0 Å². The highest BCUT2D eigenvalue weighted by Crippen LogP contribution is 2.31. The van der Waals surface area contributed by atoms with Crippen LogP contribution in [-0.4, -0.2) is 12.1 Å². The molecular formula is C15H10F3NO3. The lowest BCUT2D eigenvalue weighted by atomic mass is 9.98. The summed E-state index contributed by atoms with van der Waals surface area (Å²) >= 11 is 0. The monoisotopic (exact) mass is 309 g/mol. The van der Waals surface area contributed by atoms with E-state index in [9.17, 15) is 22.8 Å². The van der Waals surface area contributed by atoms with Gasteiger partial charge >= 0.3 is 18.2 Å². The number of alkyl halides is 3. The van der Waals surface area contributed by atoms with Crippen LogP contribution >= 0.6 is 0 Å². The molecule has 0 aliphatic rings. The summed E-state index contributed by atoms with van der Waals surface area (Å²) in [7, 11) is 0. The number of nitrogens with two attached hydrogens (primary N) is 1. The molecule has 0 saturated carbocycles. The summed E-state index contributed by atoms with van der Waals surface area (Å²) in [5.41, 5.74) is 4.73. The fraction of sp³-hybridized carbons (Fsp3) is 0.0667. The maximum absolute atomic E-state index is 12.5. The first-order chi connectivity index (χ1) is 10.3. The molecule has 0 spiro atoms. The lowest BCUT2D eigenvalue weighted by Gasteiger charge is -2.10. The SMILES string of the molecule is NC(=O)OC(=O)c1ccccc1-c1ccc(C(F)(F)F)cc1. The first-order valence-electron chi connectivity index (χ1n) is 6.07. The molecule has 2 aromatic rings. The van der Waals surface area contributed by atoms with Crippen LogP contribution in [0.1, 0.15) is 15.9 Å². The lowest BCUT2D eigenvalue weighted by molar-refractivity contribution is -0.137. The summed E-state index contributed by atoms with van der Waals surface area (Å²) in [4.78, 5) is 22.4. The number of amides is 1. The van der Waals surface area contributed by atoms with E-state index in [4.69, 9.17) is 5.73 Å². The highest BCUT2D eigenvalue weighted by atomic mass is 19.4. The minimum atomic E-state index is -4.44. The predicted octanol–water partition coefficient (Wildman–Crippen LogP) is 3.61. The standard InChI is InChI=1S/C15H10F3NO3/c16-15(17,18)10-7-5-9(6-8-10)11-3-1-2-4-12(11)13(20)22-14(19)21/h1-8H,(H2,19,21). The first-order valence-corrected chi connectivity index (χ1v) is 6.07. The van der Waals surface area contributed by atoms with Crippen LogP contribution in [0.3, 0.4) is 0 Å². The van der Waals surface area contributed by atoms with Gasteiger partial charge in [-0.2, -0.15) is 13.2 Å². The molecule has 0 saturated heterocycles. The third-order valence-electron chi connectivity index (χ3n) is 2.86. The van der Waals surface area contributed by atoms with Crippen molar-refractivity contribution in [3.63, 3.8) is 0 Å². The van der Waals surface area contributed by atoms with Gasteiger partial charge in [0.1, 0.15) is 0 Å². The number of carbonyl (C=O) groups is 2. The highest BCUT2D eigenvalue weighted by Gasteiger charge is 2.30. The summed E-state index contributed by atoms with van der Waals surface area (Å²) in [6.07, 6.45) is -5.70. The fourth-order valence-corrected chi connectivity index (χ4v) is 1.90. The molecule has 1 amide bonds. The van der Waals surface area contributed by atoms with Crippen molar-refractivity contribution in [1.82, 2.24) is 0 Å². The van der Waals surface area contributed by atoms with Crippen molar-refractivity contribution < 1.29 is 27.5 Å². The molecule has 0 unspecified atom stereocenters. The second-order valence-corrected chi connectivity index (χ2v) is 4.33. The molecule has 0 atom stereocenters. The largest absolute Gasteiger partial charge is 0.416 e. The first kappa shape index (κ1) is 15.6. The van der Waals surface area contributed by atoms with E-state index >= 15 is 0 Å². The molecular weight excluding hydrogens is 299 g/mol. The number of halogens is 3. The maximum Gasteiger partial charge on any atom is 0.416 e. The highest BCUT2D eigenvalue weighted by molar-refractivity contribution is 6.01. The quantitative estimate of drug-likeness (QED) is 0.680. The average molecular weight is 309 g/mol. The van der Waals surface area contributed by atoms with Gasteiger partial charge in [-0.25, -0.2) is 9.59 Å². The summed E-state index contributed by atoms with van der Waals surface area (Å²) < 4.78 is 41.9. The van der Waals surface area contributed by atoms with Gasteiger partial charge in [-0.15, -0.1) is 0 Å². The second-order valence-electron chi connectivity index (χ2n) is 4.33. The third-order valence-corrected chi connectivity index (χ3v) is 2.86. The number of benzene rings is 2. The van der Waals surface area contributed by atoms with Crippen LogP contribution in [0.25, 0.3) is 11.1 Å². The molecule has 0 fully saturated rings. The van der Waals surface area contributed by atoms with Gasteiger partial charge in [0.25, 0.3) is 0 Å². The van der Waals surface area contributed by atoms with E-state index < -0.39 is 23.8 Å². The third kappa shape index (κ3) is 3.43. The van der Waals surface area contributed by atoms with Crippen LogP contribution in [0.15, 0.2) is 48.5 Å². The van der Waals surface area contributed by atoms with Crippen molar-refractivity contribution in [3.8, 4) is 11.1 Å². The number of primary amides is 1. The Bertz CT molecular complexity index is 709. The maximum atomic E-state index is 12.5. The number of rotatable bonds is 2. The minimum Gasteiger partial charge on any atom is -0.373 e. The van der Waals surface area contributed by atoms with Gasteiger partial charge in [0, 0.05) is 0 Å². The van der Waals surface area contributed by atoms with Crippen molar-refractivity contribution in [2.75, 3.05) is 0 Å². The minimum absolute atomic E-state index is 0.0288. The van der Waals surface area contributed by atoms with Gasteiger partial charge in [0.15, 0.2) is 0 Å². The molecule has 22 heavy (non-hydrogen) atoms. The number of esters is 1. The molecule has 0 bridgehead atoms. The van der Waals surface area contributed by atoms with Gasteiger partial charge in [-0.05, 0) is 29.3 Å². The molecule has 0 heterocycles. The smallest absolute Gasteiger partial charge is 0.373 e. The summed E-state index contributed by atoms with van der Waals surface area (Å²) in [6.45, 7) is 0. The zero-order chi connectivity index (χ0) is 16.3. The summed E-state index contributed by atoms with van der Waals surface area (Å²) in [5, 5.41) is 0. The molecule has 0 aromatic heterocycles. The van der Waals surface area contributed by atoms with E-state index in [0.29, 0.717) is 11.1 Å². The topological polar surface area (TPSA) is 69.4 Å². The van der Waals surface area contributed by atoms with E-state index in [1.807, 2.05) is 0 Å². The van der Waals surface area contributed by atoms with Gasteiger partial charge in [-0.1, -0.05) is 30.3 Å². The number of carbonyl (C=O) groups excluding carboxylic acids is 2. The van der Waals surface area contributed by atoms with Crippen molar-refractivity contribution in [2.45, 2.75) is 6.18 Å². The lowest BCUT2D eigenvalue weighted by Crippen LogP contribution is -2.19. The van der Waals surface area contributed by atoms with Crippen LogP contribution in [0, 0.1) is 0 Å². The Morgan fingerprint density at radius 1 is 0.955 bits per heavy atom. The molecule has 0 radical (unpaired) electrons. The molecule has 2 N–H and O–H groups in total. The molecule has 7 heteroatoms. The zero-order valence-electron chi connectivity index (χ0n) is 11.1. The van der Waals surface area contributed by atoms with Crippen molar-refractivity contribution in [2.24, 2.45) is 5.73 Å². The van der Waals surface area contributed by atoms with E-state index in [2.05, 4.69) is 4.74 Å².